The fourth-order valence-corrected chi connectivity index (χ4v) is 3.02. The first-order valence-electron chi connectivity index (χ1n) is 7.98. The predicted molar refractivity (Wildman–Crippen MR) is 95.1 cm³/mol. The van der Waals surface area contributed by atoms with E-state index in [1.165, 1.54) is 16.9 Å². The second-order valence-corrected chi connectivity index (χ2v) is 6.60. The van der Waals surface area contributed by atoms with E-state index in [9.17, 15) is 9.59 Å². The maximum Gasteiger partial charge on any atom is 0.358 e. The number of aromatic nitrogens is 1. The summed E-state index contributed by atoms with van der Waals surface area (Å²) < 4.78 is 5.03. The van der Waals surface area contributed by atoms with Crippen LogP contribution in [0.2, 0.25) is 0 Å². The number of hydrogen-bond donors (Lipinski definition) is 1. The van der Waals surface area contributed by atoms with Crippen LogP contribution >= 0.6 is 11.3 Å². The topological polar surface area (TPSA) is 68.3 Å². The Morgan fingerprint density at radius 2 is 2.00 bits per heavy atom. The molecular weight excluding hydrogens is 324 g/mol. The number of esters is 1. The van der Waals surface area contributed by atoms with Gasteiger partial charge in [-0.05, 0) is 20.3 Å². The molecule has 0 aliphatic carbocycles. The molecule has 0 unspecified atom stereocenters. The highest BCUT2D eigenvalue weighted by molar-refractivity contribution is 7.13. The Bertz CT molecular complexity index is 695. The summed E-state index contributed by atoms with van der Waals surface area (Å²) >= 11 is 1.38. The van der Waals surface area contributed by atoms with E-state index in [1.807, 2.05) is 38.1 Å². The van der Waals surface area contributed by atoms with Crippen molar-refractivity contribution in [3.05, 3.63) is 40.9 Å². The van der Waals surface area contributed by atoms with Crippen LogP contribution in [0.4, 0.5) is 0 Å². The van der Waals surface area contributed by atoms with E-state index in [1.54, 1.807) is 5.38 Å². The average Bonchev–Trinajstić information content (AvgIpc) is 3.03. The fourth-order valence-electron chi connectivity index (χ4n) is 2.22. The molecule has 5 nitrogen and oxygen atoms in total. The lowest BCUT2D eigenvalue weighted by Gasteiger charge is -2.12. The molecule has 0 saturated carbocycles. The van der Waals surface area contributed by atoms with E-state index in [4.69, 9.17) is 4.74 Å². The summed E-state index contributed by atoms with van der Waals surface area (Å²) in [4.78, 5) is 28.0. The van der Waals surface area contributed by atoms with Crippen LogP contribution in [-0.2, 0) is 9.53 Å². The van der Waals surface area contributed by atoms with Crippen LogP contribution in [0.3, 0.4) is 0 Å². The predicted octanol–water partition coefficient (Wildman–Crippen LogP) is 3.58. The molecular formula is C18H22N2O3S. The van der Waals surface area contributed by atoms with Crippen molar-refractivity contribution in [2.45, 2.75) is 39.7 Å². The van der Waals surface area contributed by atoms with Crippen LogP contribution in [0.25, 0.3) is 10.6 Å². The lowest BCUT2D eigenvalue weighted by atomic mass is 10.2. The number of hydrogen-bond acceptors (Lipinski definition) is 5. The molecule has 1 aromatic heterocycles. The van der Waals surface area contributed by atoms with Gasteiger partial charge in [0.1, 0.15) is 5.01 Å². The number of ether oxygens (including phenoxy) is 1. The molecule has 0 fully saturated rings. The molecule has 2 rings (SSSR count). The van der Waals surface area contributed by atoms with Gasteiger partial charge in [0.15, 0.2) is 12.3 Å². The summed E-state index contributed by atoms with van der Waals surface area (Å²) in [5, 5.41) is 5.19. The molecule has 1 heterocycles. The molecule has 0 saturated heterocycles. The Kier molecular flexibility index (Phi) is 6.49. The van der Waals surface area contributed by atoms with Crippen molar-refractivity contribution < 1.29 is 14.3 Å². The summed E-state index contributed by atoms with van der Waals surface area (Å²) in [6.45, 7) is 5.71. The first-order valence-corrected chi connectivity index (χ1v) is 8.86. The second-order valence-electron chi connectivity index (χ2n) is 5.74. The molecule has 1 N–H and O–H groups in total. The van der Waals surface area contributed by atoms with Crippen molar-refractivity contribution >= 4 is 23.2 Å². The molecule has 24 heavy (non-hydrogen) atoms. The monoisotopic (exact) mass is 346 g/mol. The van der Waals surface area contributed by atoms with E-state index in [0.717, 1.165) is 23.4 Å². The van der Waals surface area contributed by atoms with Gasteiger partial charge >= 0.3 is 5.97 Å². The summed E-state index contributed by atoms with van der Waals surface area (Å²) in [7, 11) is 0. The molecule has 1 atom stereocenters. The largest absolute Gasteiger partial charge is 0.451 e. The van der Waals surface area contributed by atoms with Gasteiger partial charge in [0, 0.05) is 17.0 Å². The first kappa shape index (κ1) is 18.1. The van der Waals surface area contributed by atoms with Crippen molar-refractivity contribution in [3.63, 3.8) is 0 Å². The highest BCUT2D eigenvalue weighted by Gasteiger charge is 2.15. The lowest BCUT2D eigenvalue weighted by Crippen LogP contribution is -2.35. The third kappa shape index (κ3) is 5.16. The SMILES string of the molecule is CCC[C@H](C)NC(=O)COC(=O)c1csc(-c2ccc(C)cc2)n1. The van der Waals surface area contributed by atoms with Crippen LogP contribution in [0, 0.1) is 6.92 Å². The van der Waals surface area contributed by atoms with Crippen LogP contribution in [0.5, 0.6) is 0 Å². The molecule has 1 amide bonds. The fraction of sp³-hybridized carbons (Fsp3) is 0.389. The Labute approximate surface area is 146 Å². The van der Waals surface area contributed by atoms with Gasteiger partial charge in [-0.2, -0.15) is 0 Å². The van der Waals surface area contributed by atoms with Crippen LogP contribution in [-0.4, -0.2) is 29.5 Å². The highest BCUT2D eigenvalue weighted by Crippen LogP contribution is 2.24. The Morgan fingerprint density at radius 3 is 2.67 bits per heavy atom. The van der Waals surface area contributed by atoms with Crippen molar-refractivity contribution in [1.29, 1.82) is 0 Å². The van der Waals surface area contributed by atoms with Crippen molar-refractivity contribution in [1.82, 2.24) is 10.3 Å². The standard InChI is InChI=1S/C18H22N2O3S/c1-4-5-13(3)19-16(21)10-23-18(22)15-11-24-17(20-15)14-8-6-12(2)7-9-14/h6-9,11,13H,4-5,10H2,1-3H3,(H,19,21)/t13-/m0/s1. The van der Waals surface area contributed by atoms with Crippen LogP contribution < -0.4 is 5.32 Å². The number of rotatable bonds is 7. The van der Waals surface area contributed by atoms with Gasteiger partial charge in [-0.3, -0.25) is 4.79 Å². The van der Waals surface area contributed by atoms with Crippen LogP contribution in [0.1, 0.15) is 42.7 Å². The van der Waals surface area contributed by atoms with Gasteiger partial charge in [-0.1, -0.05) is 43.2 Å². The maximum absolute atomic E-state index is 12.0. The number of nitrogens with one attached hydrogen (secondary N) is 1. The summed E-state index contributed by atoms with van der Waals surface area (Å²) in [6, 6.07) is 8.00. The minimum Gasteiger partial charge on any atom is -0.451 e. The Balaban J connectivity index is 1.89. The van der Waals surface area contributed by atoms with E-state index >= 15 is 0 Å². The number of aryl methyl sites for hydroxylation is 1. The van der Waals surface area contributed by atoms with Crippen molar-refractivity contribution in [2.75, 3.05) is 6.61 Å². The van der Waals surface area contributed by atoms with Crippen molar-refractivity contribution in [2.24, 2.45) is 0 Å². The molecule has 0 spiro atoms. The second kappa shape index (κ2) is 8.59. The maximum atomic E-state index is 12.0. The summed E-state index contributed by atoms with van der Waals surface area (Å²) in [5.74, 6) is -0.874. The highest BCUT2D eigenvalue weighted by atomic mass is 32.1. The van der Waals surface area contributed by atoms with Crippen LogP contribution in [0.15, 0.2) is 29.6 Å². The minimum atomic E-state index is -0.581. The Morgan fingerprint density at radius 1 is 1.29 bits per heavy atom. The van der Waals surface area contributed by atoms with Gasteiger partial charge in [0.05, 0.1) is 0 Å². The number of carbonyl (C=O) groups excluding carboxylic acids is 2. The normalized spacial score (nSPS) is 11.8. The Hall–Kier alpha value is -2.21. The van der Waals surface area contributed by atoms with Gasteiger partial charge in [0.2, 0.25) is 0 Å². The lowest BCUT2D eigenvalue weighted by molar-refractivity contribution is -0.124. The zero-order valence-electron chi connectivity index (χ0n) is 14.2. The van der Waals surface area contributed by atoms with Gasteiger partial charge in [0.25, 0.3) is 5.91 Å². The number of amides is 1. The average molecular weight is 346 g/mol. The third-order valence-corrected chi connectivity index (χ3v) is 4.37. The smallest absolute Gasteiger partial charge is 0.358 e. The zero-order chi connectivity index (χ0) is 17.5. The molecule has 0 bridgehead atoms. The van der Waals surface area contributed by atoms with Crippen molar-refractivity contribution in [3.8, 4) is 10.6 Å². The van der Waals surface area contributed by atoms with Gasteiger partial charge in [-0.15, -0.1) is 11.3 Å². The van der Waals surface area contributed by atoms with E-state index < -0.39 is 5.97 Å². The molecule has 0 aliphatic rings. The molecule has 2 aromatic rings. The number of thiazole rings is 1. The quantitative estimate of drug-likeness (QED) is 0.778. The summed E-state index contributed by atoms with van der Waals surface area (Å²) in [6.07, 6.45) is 1.88. The molecule has 0 aliphatic heterocycles. The van der Waals surface area contributed by atoms with E-state index in [0.29, 0.717) is 0 Å². The van der Waals surface area contributed by atoms with Gasteiger partial charge < -0.3 is 10.1 Å². The molecule has 128 valence electrons. The molecule has 0 radical (unpaired) electrons. The zero-order valence-corrected chi connectivity index (χ0v) is 15.0. The number of carbonyl (C=O) groups is 2. The third-order valence-electron chi connectivity index (χ3n) is 3.48. The summed E-state index contributed by atoms with van der Waals surface area (Å²) in [5.41, 5.74) is 2.35. The number of benzene rings is 1. The van der Waals surface area contributed by atoms with E-state index in [-0.39, 0.29) is 24.2 Å². The first-order chi connectivity index (χ1) is 11.5. The molecule has 6 heteroatoms. The minimum absolute atomic E-state index is 0.0774. The van der Waals surface area contributed by atoms with E-state index in [2.05, 4.69) is 17.2 Å². The molecule has 1 aromatic carbocycles. The van der Waals surface area contributed by atoms with Gasteiger partial charge in [-0.25, -0.2) is 9.78 Å². The number of nitrogens with zero attached hydrogens (tertiary/aromatic N) is 1.